The van der Waals surface area contributed by atoms with Gasteiger partial charge in [0.2, 0.25) is 5.16 Å². The lowest BCUT2D eigenvalue weighted by Crippen LogP contribution is -2.01. The fourth-order valence-corrected chi connectivity index (χ4v) is 2.92. The molecule has 0 amide bonds. The zero-order valence-corrected chi connectivity index (χ0v) is 13.7. The van der Waals surface area contributed by atoms with Crippen molar-refractivity contribution in [3.63, 3.8) is 0 Å². The number of hydrogen-bond acceptors (Lipinski definition) is 5. The van der Waals surface area contributed by atoms with E-state index < -0.39 is 0 Å². The van der Waals surface area contributed by atoms with Gasteiger partial charge in [0.1, 0.15) is 5.75 Å². The largest absolute Gasteiger partial charge is 0.494 e. The molecule has 0 N–H and O–H groups in total. The molecule has 0 aliphatic carbocycles. The highest BCUT2D eigenvalue weighted by Crippen LogP contribution is 2.19. The lowest BCUT2D eigenvalue weighted by Gasteiger charge is -2.06. The fourth-order valence-electron chi connectivity index (χ4n) is 2.12. The van der Waals surface area contributed by atoms with Crippen LogP contribution in [0.15, 0.2) is 59.8 Å². The van der Waals surface area contributed by atoms with E-state index in [1.165, 1.54) is 5.56 Å². The van der Waals surface area contributed by atoms with Gasteiger partial charge in [0.25, 0.3) is 0 Å². The summed E-state index contributed by atoms with van der Waals surface area (Å²) in [5, 5.41) is 12.8. The Balaban J connectivity index is 1.51. The minimum absolute atomic E-state index is 0.684. The van der Waals surface area contributed by atoms with Gasteiger partial charge in [-0.25, -0.2) is 0 Å². The highest BCUT2D eigenvalue weighted by Gasteiger charge is 2.08. The third kappa shape index (κ3) is 4.32. The first-order valence-electron chi connectivity index (χ1n) is 7.49. The van der Waals surface area contributed by atoms with Crippen molar-refractivity contribution in [1.82, 2.24) is 20.2 Å². The zero-order valence-electron chi connectivity index (χ0n) is 12.9. The van der Waals surface area contributed by atoms with Crippen LogP contribution in [0.25, 0.3) is 5.69 Å². The molecule has 1 aromatic heterocycles. The number of aryl methyl sites for hydroxylation is 1. The number of nitrogens with zero attached hydrogens (tertiary/aromatic N) is 4. The van der Waals surface area contributed by atoms with Crippen LogP contribution in [0.1, 0.15) is 12.0 Å². The maximum absolute atomic E-state index is 5.68. The number of hydrogen-bond donors (Lipinski definition) is 0. The van der Waals surface area contributed by atoms with Crippen molar-refractivity contribution >= 4 is 11.8 Å². The molecule has 0 unspecified atom stereocenters. The van der Waals surface area contributed by atoms with E-state index in [9.17, 15) is 0 Å². The fraction of sp³-hybridized carbons (Fsp3) is 0.235. The highest BCUT2D eigenvalue weighted by atomic mass is 32.2. The maximum Gasteiger partial charge on any atom is 0.214 e. The molecule has 3 aromatic rings. The summed E-state index contributed by atoms with van der Waals surface area (Å²) in [7, 11) is 0. The van der Waals surface area contributed by atoms with Crippen LogP contribution in [-0.2, 0) is 0 Å². The molecule has 0 spiro atoms. The number of benzene rings is 2. The molecular formula is C17H18N4OS. The summed E-state index contributed by atoms with van der Waals surface area (Å²) in [6.45, 7) is 2.74. The molecule has 3 rings (SSSR count). The van der Waals surface area contributed by atoms with Gasteiger partial charge < -0.3 is 4.74 Å². The van der Waals surface area contributed by atoms with Gasteiger partial charge in [0.05, 0.1) is 12.3 Å². The molecule has 0 saturated carbocycles. The second-order valence-corrected chi connectivity index (χ2v) is 6.14. The van der Waals surface area contributed by atoms with E-state index in [2.05, 4.69) is 34.6 Å². The summed E-state index contributed by atoms with van der Waals surface area (Å²) in [6, 6.07) is 18.0. The lowest BCUT2D eigenvalue weighted by atomic mass is 10.2. The lowest BCUT2D eigenvalue weighted by molar-refractivity contribution is 0.318. The summed E-state index contributed by atoms with van der Waals surface area (Å²) < 4.78 is 7.46. The molecule has 0 saturated heterocycles. The van der Waals surface area contributed by atoms with E-state index in [1.807, 2.05) is 42.5 Å². The topological polar surface area (TPSA) is 52.8 Å². The van der Waals surface area contributed by atoms with Crippen LogP contribution in [0.3, 0.4) is 0 Å². The molecule has 2 aromatic carbocycles. The monoisotopic (exact) mass is 326 g/mol. The number of tetrazole rings is 1. The summed E-state index contributed by atoms with van der Waals surface area (Å²) in [4.78, 5) is 0. The van der Waals surface area contributed by atoms with Crippen LogP contribution in [0.2, 0.25) is 0 Å². The summed E-state index contributed by atoms with van der Waals surface area (Å²) >= 11 is 1.64. The van der Waals surface area contributed by atoms with Gasteiger partial charge in [0.15, 0.2) is 0 Å². The number of aromatic nitrogens is 4. The molecule has 1 heterocycles. The van der Waals surface area contributed by atoms with Gasteiger partial charge in [-0.15, -0.1) is 5.10 Å². The first kappa shape index (κ1) is 15.6. The van der Waals surface area contributed by atoms with Crippen LogP contribution in [-0.4, -0.2) is 32.6 Å². The van der Waals surface area contributed by atoms with E-state index in [0.29, 0.717) is 6.61 Å². The minimum Gasteiger partial charge on any atom is -0.494 e. The molecule has 0 bridgehead atoms. The quantitative estimate of drug-likeness (QED) is 0.491. The molecule has 0 radical (unpaired) electrons. The van der Waals surface area contributed by atoms with Crippen molar-refractivity contribution < 1.29 is 4.74 Å². The summed E-state index contributed by atoms with van der Waals surface area (Å²) in [6.07, 6.45) is 0.931. The van der Waals surface area contributed by atoms with Crippen LogP contribution < -0.4 is 4.74 Å². The summed E-state index contributed by atoms with van der Waals surface area (Å²) in [5.41, 5.74) is 2.17. The summed E-state index contributed by atoms with van der Waals surface area (Å²) in [5.74, 6) is 1.81. The van der Waals surface area contributed by atoms with Crippen LogP contribution in [0.4, 0.5) is 0 Å². The van der Waals surface area contributed by atoms with Gasteiger partial charge in [-0.3, -0.25) is 0 Å². The predicted octanol–water partition coefficient (Wildman–Crippen LogP) is 3.53. The van der Waals surface area contributed by atoms with Crippen molar-refractivity contribution in [2.75, 3.05) is 12.4 Å². The van der Waals surface area contributed by atoms with E-state index in [0.717, 1.165) is 28.8 Å². The highest BCUT2D eigenvalue weighted by molar-refractivity contribution is 7.99. The number of ether oxygens (including phenoxy) is 1. The first-order chi connectivity index (χ1) is 11.3. The van der Waals surface area contributed by atoms with Gasteiger partial charge in [-0.05, 0) is 53.6 Å². The normalized spacial score (nSPS) is 10.7. The molecule has 5 nitrogen and oxygen atoms in total. The molecule has 118 valence electrons. The van der Waals surface area contributed by atoms with Crippen LogP contribution >= 0.6 is 11.8 Å². The average Bonchev–Trinajstić information content (AvgIpc) is 3.04. The van der Waals surface area contributed by atoms with Gasteiger partial charge in [-0.2, -0.15) is 4.68 Å². The third-order valence-corrected chi connectivity index (χ3v) is 4.22. The Kier molecular flexibility index (Phi) is 5.26. The number of rotatable bonds is 7. The van der Waals surface area contributed by atoms with Crippen molar-refractivity contribution in [2.45, 2.75) is 18.5 Å². The molecular weight excluding hydrogens is 308 g/mol. The third-order valence-electron chi connectivity index (χ3n) is 3.22. The first-order valence-corrected chi connectivity index (χ1v) is 8.47. The van der Waals surface area contributed by atoms with Gasteiger partial charge >= 0.3 is 0 Å². The van der Waals surface area contributed by atoms with E-state index in [4.69, 9.17) is 4.74 Å². The zero-order chi connectivity index (χ0) is 15.9. The molecule has 0 aliphatic rings. The van der Waals surface area contributed by atoms with Crippen molar-refractivity contribution in [2.24, 2.45) is 0 Å². The Morgan fingerprint density at radius 1 is 1.09 bits per heavy atom. The van der Waals surface area contributed by atoms with E-state index in [-0.39, 0.29) is 0 Å². The smallest absolute Gasteiger partial charge is 0.214 e. The van der Waals surface area contributed by atoms with Gasteiger partial charge in [0, 0.05) is 5.75 Å². The van der Waals surface area contributed by atoms with Gasteiger partial charge in [-0.1, -0.05) is 42.1 Å². The Bertz CT molecular complexity index is 745. The second-order valence-electron chi connectivity index (χ2n) is 5.08. The van der Waals surface area contributed by atoms with Crippen LogP contribution in [0.5, 0.6) is 5.75 Å². The maximum atomic E-state index is 5.68. The Hall–Kier alpha value is -2.34. The Morgan fingerprint density at radius 3 is 2.78 bits per heavy atom. The molecule has 23 heavy (non-hydrogen) atoms. The SMILES string of the molecule is Cc1cccc(-n2nnnc2SCCCOc2ccccc2)c1. The Morgan fingerprint density at radius 2 is 1.96 bits per heavy atom. The molecule has 0 fully saturated rings. The molecule has 6 heteroatoms. The second kappa shape index (κ2) is 7.78. The van der Waals surface area contributed by atoms with E-state index in [1.54, 1.807) is 16.4 Å². The molecule has 0 aliphatic heterocycles. The predicted molar refractivity (Wildman–Crippen MR) is 91.2 cm³/mol. The van der Waals surface area contributed by atoms with Crippen molar-refractivity contribution in [3.8, 4) is 11.4 Å². The van der Waals surface area contributed by atoms with Crippen LogP contribution in [0, 0.1) is 6.92 Å². The number of thioether (sulfide) groups is 1. The van der Waals surface area contributed by atoms with Crippen molar-refractivity contribution in [1.29, 1.82) is 0 Å². The standard InChI is InChI=1S/C17H18N4OS/c1-14-7-5-8-15(13-14)21-17(18-19-20-21)23-12-6-11-22-16-9-3-2-4-10-16/h2-5,7-10,13H,6,11-12H2,1H3. The minimum atomic E-state index is 0.684. The average molecular weight is 326 g/mol. The molecule has 0 atom stereocenters. The Labute approximate surface area is 139 Å². The van der Waals surface area contributed by atoms with Crippen molar-refractivity contribution in [3.05, 3.63) is 60.2 Å². The van der Waals surface area contributed by atoms with E-state index >= 15 is 0 Å². The number of para-hydroxylation sites is 1.